The normalized spacial score (nSPS) is 12.0. The SMILES string of the molecule is Cc1c(NC(=O)OC(C)(C)C)ccc2nc(N(C)C(Cc3ccccc3)C(=O)NCc3ccncc3)oc(=O)c12. The number of likely N-dealkylation sites (N-methyl/N-ethyl adjacent to an activating group) is 1. The molecule has 0 aliphatic carbocycles. The highest BCUT2D eigenvalue weighted by Crippen LogP contribution is 2.25. The second-order valence-corrected chi connectivity index (χ2v) is 10.4. The summed E-state index contributed by atoms with van der Waals surface area (Å²) in [7, 11) is 1.67. The molecule has 0 spiro atoms. The van der Waals surface area contributed by atoms with Crippen molar-refractivity contribution in [1.29, 1.82) is 0 Å². The molecule has 2 aromatic heterocycles. The Morgan fingerprint density at radius 2 is 1.73 bits per heavy atom. The fourth-order valence-electron chi connectivity index (χ4n) is 4.19. The second kappa shape index (κ2) is 12.0. The maximum Gasteiger partial charge on any atom is 0.412 e. The molecule has 0 saturated heterocycles. The van der Waals surface area contributed by atoms with Crippen molar-refractivity contribution in [3.05, 3.63) is 94.1 Å². The van der Waals surface area contributed by atoms with Crippen molar-refractivity contribution in [3.8, 4) is 0 Å². The Morgan fingerprint density at radius 3 is 2.40 bits per heavy atom. The van der Waals surface area contributed by atoms with E-state index >= 15 is 0 Å². The number of anilines is 2. The number of benzene rings is 2. The number of aromatic nitrogens is 2. The monoisotopic (exact) mass is 543 g/mol. The molecule has 1 atom stereocenters. The zero-order valence-electron chi connectivity index (χ0n) is 23.2. The summed E-state index contributed by atoms with van der Waals surface area (Å²) in [5.41, 5.74) is 1.83. The summed E-state index contributed by atoms with van der Waals surface area (Å²) >= 11 is 0. The Morgan fingerprint density at radius 1 is 1.02 bits per heavy atom. The largest absolute Gasteiger partial charge is 0.444 e. The van der Waals surface area contributed by atoms with Crippen LogP contribution in [-0.2, 0) is 22.5 Å². The smallest absolute Gasteiger partial charge is 0.412 e. The molecule has 0 fully saturated rings. The van der Waals surface area contributed by atoms with Crippen LogP contribution >= 0.6 is 0 Å². The summed E-state index contributed by atoms with van der Waals surface area (Å²) in [6, 6.07) is 15.8. The van der Waals surface area contributed by atoms with Gasteiger partial charge in [0.05, 0.1) is 10.9 Å². The van der Waals surface area contributed by atoms with E-state index in [1.165, 1.54) is 0 Å². The predicted molar refractivity (Wildman–Crippen MR) is 153 cm³/mol. The summed E-state index contributed by atoms with van der Waals surface area (Å²) in [5.74, 6) is -0.249. The molecule has 40 heavy (non-hydrogen) atoms. The Bertz CT molecular complexity index is 1550. The van der Waals surface area contributed by atoms with E-state index in [0.29, 0.717) is 29.7 Å². The van der Waals surface area contributed by atoms with E-state index in [1.807, 2.05) is 42.5 Å². The molecular weight excluding hydrogens is 510 g/mol. The fraction of sp³-hybridized carbons (Fsp3) is 0.300. The van der Waals surface area contributed by atoms with Gasteiger partial charge >= 0.3 is 17.7 Å². The maximum atomic E-state index is 13.4. The average molecular weight is 544 g/mol. The van der Waals surface area contributed by atoms with E-state index in [0.717, 1.165) is 11.1 Å². The van der Waals surface area contributed by atoms with Gasteiger partial charge in [-0.3, -0.25) is 15.1 Å². The van der Waals surface area contributed by atoms with Crippen molar-refractivity contribution < 1.29 is 18.7 Å². The van der Waals surface area contributed by atoms with Crippen molar-refractivity contribution in [2.24, 2.45) is 0 Å². The van der Waals surface area contributed by atoms with Crippen LogP contribution in [0, 0.1) is 6.92 Å². The number of nitrogens with zero attached hydrogens (tertiary/aromatic N) is 3. The van der Waals surface area contributed by atoms with Gasteiger partial charge in [-0.1, -0.05) is 30.3 Å². The Hall–Kier alpha value is -4.73. The molecule has 2 amide bonds. The summed E-state index contributed by atoms with van der Waals surface area (Å²) in [6.07, 6.45) is 3.06. The van der Waals surface area contributed by atoms with Gasteiger partial charge in [-0.05, 0) is 68.7 Å². The van der Waals surface area contributed by atoms with E-state index in [2.05, 4.69) is 20.6 Å². The van der Waals surface area contributed by atoms with Crippen LogP contribution in [0.1, 0.15) is 37.5 Å². The average Bonchev–Trinajstić information content (AvgIpc) is 2.91. The van der Waals surface area contributed by atoms with Crippen LogP contribution in [0.15, 0.2) is 76.2 Å². The van der Waals surface area contributed by atoms with Gasteiger partial charge in [-0.2, -0.15) is 4.98 Å². The lowest BCUT2D eigenvalue weighted by atomic mass is 10.0. The molecular formula is C30H33N5O5. The Labute approximate surface area is 232 Å². The molecule has 10 heteroatoms. The van der Waals surface area contributed by atoms with Crippen molar-refractivity contribution in [2.45, 2.75) is 52.3 Å². The third-order valence-corrected chi connectivity index (χ3v) is 6.24. The molecule has 0 aliphatic heterocycles. The first-order chi connectivity index (χ1) is 19.0. The van der Waals surface area contributed by atoms with Gasteiger partial charge < -0.3 is 19.4 Å². The Kier molecular flexibility index (Phi) is 8.47. The number of hydrogen-bond donors (Lipinski definition) is 2. The number of fused-ring (bicyclic) bond motifs is 1. The molecule has 0 bridgehead atoms. The van der Waals surface area contributed by atoms with Gasteiger partial charge in [-0.25, -0.2) is 9.59 Å². The number of carbonyl (C=O) groups is 2. The summed E-state index contributed by atoms with van der Waals surface area (Å²) in [6.45, 7) is 7.31. The molecule has 0 aliphatic rings. The van der Waals surface area contributed by atoms with Gasteiger partial charge in [0.15, 0.2) is 0 Å². The number of aryl methyl sites for hydroxylation is 1. The predicted octanol–water partition coefficient (Wildman–Crippen LogP) is 4.60. The maximum absolute atomic E-state index is 13.4. The lowest BCUT2D eigenvalue weighted by Gasteiger charge is -2.27. The summed E-state index contributed by atoms with van der Waals surface area (Å²) in [4.78, 5) is 49.0. The van der Waals surface area contributed by atoms with Crippen LogP contribution in [-0.4, -0.2) is 40.7 Å². The number of rotatable bonds is 8. The van der Waals surface area contributed by atoms with E-state index < -0.39 is 23.4 Å². The minimum absolute atomic E-state index is 0.00439. The first-order valence-corrected chi connectivity index (χ1v) is 12.9. The van der Waals surface area contributed by atoms with Crippen molar-refractivity contribution in [3.63, 3.8) is 0 Å². The van der Waals surface area contributed by atoms with E-state index in [1.54, 1.807) is 64.2 Å². The van der Waals surface area contributed by atoms with E-state index in [4.69, 9.17) is 9.15 Å². The molecule has 2 aromatic carbocycles. The van der Waals surface area contributed by atoms with Gasteiger partial charge in [0.1, 0.15) is 11.6 Å². The summed E-state index contributed by atoms with van der Waals surface area (Å²) < 4.78 is 11.0. The molecule has 0 radical (unpaired) electrons. The first-order valence-electron chi connectivity index (χ1n) is 12.9. The van der Waals surface area contributed by atoms with Crippen LogP contribution in [0.5, 0.6) is 0 Å². The highest BCUT2D eigenvalue weighted by atomic mass is 16.6. The molecule has 2 N–H and O–H groups in total. The number of nitrogens with one attached hydrogen (secondary N) is 2. The van der Waals surface area contributed by atoms with Gasteiger partial charge in [0, 0.05) is 38.1 Å². The third-order valence-electron chi connectivity index (χ3n) is 6.24. The standard InChI is InChI=1S/C30H33N5O5/c1-19-22(34-29(38)40-30(2,3)4)11-12-23-25(19)27(37)39-28(33-23)35(5)24(17-20-9-7-6-8-10-20)26(36)32-18-21-13-15-31-16-14-21/h6-16,24H,17-18H2,1-5H3,(H,32,36)(H,34,38). The van der Waals surface area contributed by atoms with E-state index in [9.17, 15) is 14.4 Å². The van der Waals surface area contributed by atoms with Gasteiger partial charge in [0.25, 0.3) is 0 Å². The number of carbonyl (C=O) groups excluding carboxylic acids is 2. The second-order valence-electron chi connectivity index (χ2n) is 10.4. The van der Waals surface area contributed by atoms with Gasteiger partial charge in [0.2, 0.25) is 5.91 Å². The minimum atomic E-state index is -0.716. The van der Waals surface area contributed by atoms with Gasteiger partial charge in [-0.15, -0.1) is 0 Å². The Balaban J connectivity index is 1.62. The highest BCUT2D eigenvalue weighted by molar-refractivity contribution is 5.93. The minimum Gasteiger partial charge on any atom is -0.444 e. The highest BCUT2D eigenvalue weighted by Gasteiger charge is 2.27. The van der Waals surface area contributed by atoms with Crippen LogP contribution in [0.4, 0.5) is 16.5 Å². The first kappa shape index (κ1) is 28.3. The molecule has 2 heterocycles. The lowest BCUT2D eigenvalue weighted by molar-refractivity contribution is -0.122. The topological polar surface area (TPSA) is 127 Å². The summed E-state index contributed by atoms with van der Waals surface area (Å²) in [5, 5.41) is 5.87. The molecule has 208 valence electrons. The van der Waals surface area contributed by atoms with Crippen LogP contribution < -0.4 is 21.2 Å². The molecule has 10 nitrogen and oxygen atoms in total. The van der Waals surface area contributed by atoms with Crippen LogP contribution in [0.3, 0.4) is 0 Å². The number of ether oxygens (including phenoxy) is 1. The zero-order chi connectivity index (χ0) is 28.9. The third kappa shape index (κ3) is 7.02. The van der Waals surface area contributed by atoms with Crippen molar-refractivity contribution in [1.82, 2.24) is 15.3 Å². The molecule has 4 rings (SSSR count). The van der Waals surface area contributed by atoms with Crippen molar-refractivity contribution in [2.75, 3.05) is 17.3 Å². The molecule has 4 aromatic rings. The zero-order valence-corrected chi connectivity index (χ0v) is 23.2. The van der Waals surface area contributed by atoms with Crippen LogP contribution in [0.2, 0.25) is 0 Å². The molecule has 1 unspecified atom stereocenters. The molecule has 0 saturated carbocycles. The van der Waals surface area contributed by atoms with E-state index in [-0.39, 0.29) is 17.3 Å². The number of pyridine rings is 1. The van der Waals surface area contributed by atoms with Crippen molar-refractivity contribution >= 4 is 34.6 Å². The number of amides is 2. The number of hydrogen-bond acceptors (Lipinski definition) is 8. The lowest BCUT2D eigenvalue weighted by Crippen LogP contribution is -2.47. The van der Waals surface area contributed by atoms with Crippen LogP contribution in [0.25, 0.3) is 10.9 Å². The quantitative estimate of drug-likeness (QED) is 0.330. The fourth-order valence-corrected chi connectivity index (χ4v) is 4.19.